The number of hydrogen-bond donors (Lipinski definition) is 2. The van der Waals surface area contributed by atoms with Crippen LogP contribution in [0.2, 0.25) is 0 Å². The molecule has 0 unspecified atom stereocenters. The fourth-order valence-corrected chi connectivity index (χ4v) is 1.68. The van der Waals surface area contributed by atoms with Crippen molar-refractivity contribution in [2.75, 3.05) is 0 Å². The van der Waals surface area contributed by atoms with Crippen LogP contribution in [0.5, 0.6) is 0 Å². The van der Waals surface area contributed by atoms with E-state index in [-0.39, 0.29) is 11.2 Å². The third kappa shape index (κ3) is 2.26. The molecule has 1 aromatic heterocycles. The van der Waals surface area contributed by atoms with Crippen molar-refractivity contribution in [2.24, 2.45) is 5.84 Å². The van der Waals surface area contributed by atoms with Crippen molar-refractivity contribution in [3.63, 3.8) is 0 Å². The summed E-state index contributed by atoms with van der Waals surface area (Å²) in [5.41, 5.74) is 2.52. The molecule has 1 saturated heterocycles. The first-order valence-electron chi connectivity index (χ1n) is 5.73. The molecule has 5 nitrogen and oxygen atoms in total. The molecule has 1 aliphatic rings. The van der Waals surface area contributed by atoms with Gasteiger partial charge in [0.25, 0.3) is 0 Å². The zero-order chi connectivity index (χ0) is 12.7. The molecule has 0 atom stereocenters. The fourth-order valence-electron chi connectivity index (χ4n) is 1.68. The monoisotopic (exact) mass is 238 g/mol. The van der Waals surface area contributed by atoms with Crippen LogP contribution in [-0.2, 0) is 15.9 Å². The maximum absolute atomic E-state index is 5.87. The Morgan fingerprint density at radius 2 is 1.76 bits per heavy atom. The molecule has 94 valence electrons. The van der Waals surface area contributed by atoms with Crippen LogP contribution in [0.25, 0.3) is 0 Å². The second-order valence-electron chi connectivity index (χ2n) is 5.27. The SMILES string of the molecule is CC1(C)OB(c2ccc(CNN)o2)OC1(C)C. The molecule has 0 radical (unpaired) electrons. The van der Waals surface area contributed by atoms with Gasteiger partial charge in [0, 0.05) is 0 Å². The van der Waals surface area contributed by atoms with E-state index in [1.54, 1.807) is 0 Å². The molecule has 17 heavy (non-hydrogen) atoms. The van der Waals surface area contributed by atoms with Crippen LogP contribution in [0.1, 0.15) is 33.5 Å². The van der Waals surface area contributed by atoms with Gasteiger partial charge in [0.05, 0.1) is 17.7 Å². The third-order valence-electron chi connectivity index (χ3n) is 3.44. The van der Waals surface area contributed by atoms with Gasteiger partial charge in [-0.2, -0.15) is 0 Å². The second kappa shape index (κ2) is 4.13. The van der Waals surface area contributed by atoms with E-state index in [1.165, 1.54) is 0 Å². The lowest BCUT2D eigenvalue weighted by atomic mass is 9.86. The van der Waals surface area contributed by atoms with Crippen molar-refractivity contribution in [2.45, 2.75) is 45.4 Å². The maximum atomic E-state index is 5.87. The van der Waals surface area contributed by atoms with Gasteiger partial charge >= 0.3 is 7.12 Å². The molecule has 0 spiro atoms. The van der Waals surface area contributed by atoms with Gasteiger partial charge in [-0.05, 0) is 39.8 Å². The molecule has 6 heteroatoms. The van der Waals surface area contributed by atoms with E-state index in [4.69, 9.17) is 19.6 Å². The molecule has 1 aliphatic heterocycles. The molecule has 0 saturated carbocycles. The summed E-state index contributed by atoms with van der Waals surface area (Å²) in [6.07, 6.45) is 0. The largest absolute Gasteiger partial charge is 0.532 e. The minimum atomic E-state index is -0.452. The van der Waals surface area contributed by atoms with Gasteiger partial charge in [-0.15, -0.1) is 0 Å². The van der Waals surface area contributed by atoms with Crippen molar-refractivity contribution in [1.82, 2.24) is 5.43 Å². The van der Waals surface area contributed by atoms with Gasteiger partial charge in [-0.3, -0.25) is 11.3 Å². The number of nitrogens with two attached hydrogens (primary N) is 1. The van der Waals surface area contributed by atoms with Crippen molar-refractivity contribution in [3.8, 4) is 0 Å². The summed E-state index contributed by atoms with van der Waals surface area (Å²) in [6, 6.07) is 3.72. The number of hydrazine groups is 1. The molecular formula is C11H19BN2O3. The van der Waals surface area contributed by atoms with Crippen LogP contribution in [-0.4, -0.2) is 18.3 Å². The quantitative estimate of drug-likeness (QED) is 0.457. The number of rotatable bonds is 3. The van der Waals surface area contributed by atoms with Crippen LogP contribution in [0.15, 0.2) is 16.5 Å². The lowest BCUT2D eigenvalue weighted by Crippen LogP contribution is -2.41. The van der Waals surface area contributed by atoms with E-state index >= 15 is 0 Å². The zero-order valence-electron chi connectivity index (χ0n) is 10.7. The summed E-state index contributed by atoms with van der Waals surface area (Å²) >= 11 is 0. The summed E-state index contributed by atoms with van der Waals surface area (Å²) in [6.45, 7) is 8.53. The van der Waals surface area contributed by atoms with E-state index < -0.39 is 7.12 Å². The molecule has 1 fully saturated rings. The van der Waals surface area contributed by atoms with Gasteiger partial charge in [0.15, 0.2) is 0 Å². The molecule has 2 heterocycles. The first-order chi connectivity index (χ1) is 7.86. The smallest absolute Gasteiger partial charge is 0.468 e. The predicted molar refractivity (Wildman–Crippen MR) is 65.5 cm³/mol. The fraction of sp³-hybridized carbons (Fsp3) is 0.636. The van der Waals surface area contributed by atoms with E-state index in [1.807, 2.05) is 39.8 Å². The molecule has 0 bridgehead atoms. The first-order valence-corrected chi connectivity index (χ1v) is 5.73. The molecule has 0 aliphatic carbocycles. The Morgan fingerprint density at radius 3 is 2.29 bits per heavy atom. The Bertz CT molecular complexity index is 387. The zero-order valence-corrected chi connectivity index (χ0v) is 10.7. The van der Waals surface area contributed by atoms with Crippen LogP contribution in [0.4, 0.5) is 0 Å². The Hall–Kier alpha value is -0.815. The average molecular weight is 238 g/mol. The van der Waals surface area contributed by atoms with Gasteiger partial charge < -0.3 is 13.7 Å². The van der Waals surface area contributed by atoms with Gasteiger partial charge in [0.1, 0.15) is 11.4 Å². The van der Waals surface area contributed by atoms with E-state index in [0.717, 1.165) is 5.76 Å². The van der Waals surface area contributed by atoms with Crippen LogP contribution >= 0.6 is 0 Å². The van der Waals surface area contributed by atoms with Crippen molar-refractivity contribution < 1.29 is 13.7 Å². The molecule has 3 N–H and O–H groups in total. The highest BCUT2D eigenvalue weighted by molar-refractivity contribution is 6.60. The number of nitrogens with one attached hydrogen (secondary N) is 1. The highest BCUT2D eigenvalue weighted by Gasteiger charge is 2.53. The summed E-state index contributed by atoms with van der Waals surface area (Å²) in [4.78, 5) is 0. The van der Waals surface area contributed by atoms with Crippen molar-refractivity contribution in [1.29, 1.82) is 0 Å². The van der Waals surface area contributed by atoms with Crippen LogP contribution < -0.4 is 16.9 Å². The Kier molecular flexibility index (Phi) is 3.07. The van der Waals surface area contributed by atoms with E-state index in [9.17, 15) is 0 Å². The van der Waals surface area contributed by atoms with Crippen LogP contribution in [0.3, 0.4) is 0 Å². The highest BCUT2D eigenvalue weighted by Crippen LogP contribution is 2.36. The Morgan fingerprint density at radius 1 is 1.18 bits per heavy atom. The third-order valence-corrected chi connectivity index (χ3v) is 3.44. The van der Waals surface area contributed by atoms with Gasteiger partial charge in [0.2, 0.25) is 0 Å². The number of hydrogen-bond acceptors (Lipinski definition) is 5. The van der Waals surface area contributed by atoms with Gasteiger partial charge in [-0.1, -0.05) is 0 Å². The topological polar surface area (TPSA) is 69.7 Å². The minimum absolute atomic E-state index is 0.350. The van der Waals surface area contributed by atoms with Crippen molar-refractivity contribution in [3.05, 3.63) is 17.9 Å². The molecule has 2 rings (SSSR count). The summed E-state index contributed by atoms with van der Waals surface area (Å²) in [5, 5.41) is 0. The van der Waals surface area contributed by atoms with E-state index in [2.05, 4.69) is 5.43 Å². The molecular weight excluding hydrogens is 219 g/mol. The minimum Gasteiger partial charge on any atom is -0.468 e. The van der Waals surface area contributed by atoms with Crippen LogP contribution in [0, 0.1) is 0 Å². The summed E-state index contributed by atoms with van der Waals surface area (Å²) in [7, 11) is -0.452. The average Bonchev–Trinajstić information content (AvgIpc) is 2.71. The maximum Gasteiger partial charge on any atom is 0.532 e. The van der Waals surface area contributed by atoms with Crippen molar-refractivity contribution >= 4 is 12.8 Å². The van der Waals surface area contributed by atoms with Gasteiger partial charge in [-0.25, -0.2) is 0 Å². The molecule has 1 aromatic rings. The Balaban J connectivity index is 2.14. The second-order valence-corrected chi connectivity index (χ2v) is 5.27. The standard InChI is InChI=1S/C11H19BN2O3/c1-10(2)11(3,4)17-12(16-10)9-6-5-8(15-9)7-14-13/h5-6,14H,7,13H2,1-4H3. The lowest BCUT2D eigenvalue weighted by Gasteiger charge is -2.32. The number of furan rings is 1. The lowest BCUT2D eigenvalue weighted by molar-refractivity contribution is 0.00578. The molecule has 0 amide bonds. The summed E-state index contributed by atoms with van der Waals surface area (Å²) < 4.78 is 17.4. The normalized spacial score (nSPS) is 22.1. The Labute approximate surface area is 102 Å². The van der Waals surface area contributed by atoms with E-state index in [0.29, 0.717) is 12.2 Å². The molecule has 0 aromatic carbocycles. The predicted octanol–water partition coefficient (Wildman–Crippen LogP) is 0.542. The summed E-state index contributed by atoms with van der Waals surface area (Å²) in [5.74, 6) is 6.00. The first kappa shape index (κ1) is 12.6. The highest BCUT2D eigenvalue weighted by atomic mass is 16.7.